The fourth-order valence-corrected chi connectivity index (χ4v) is 9.20. The topological polar surface area (TPSA) is 95.3 Å². The van der Waals surface area contributed by atoms with Gasteiger partial charge in [0.25, 0.3) is 0 Å². The maximum atomic E-state index is 13.2. The molecule has 2 aliphatic heterocycles. The molecule has 4 fully saturated rings. The lowest BCUT2D eigenvalue weighted by Crippen LogP contribution is -2.72. The molecular formula is C28H34O7. The average molecular weight is 483 g/mol. The van der Waals surface area contributed by atoms with E-state index in [-0.39, 0.29) is 35.0 Å². The summed E-state index contributed by atoms with van der Waals surface area (Å²) in [6.45, 7) is 12.0. The van der Waals surface area contributed by atoms with Gasteiger partial charge in [-0.15, -0.1) is 0 Å². The van der Waals surface area contributed by atoms with Crippen molar-refractivity contribution in [1.29, 1.82) is 0 Å². The molecule has 9 atom stereocenters. The summed E-state index contributed by atoms with van der Waals surface area (Å²) in [5, 5.41) is 0. The smallest absolute Gasteiger partial charge is 0.339 e. The van der Waals surface area contributed by atoms with E-state index in [1.807, 2.05) is 19.9 Å². The molecule has 3 aliphatic carbocycles. The van der Waals surface area contributed by atoms with Gasteiger partial charge in [0, 0.05) is 28.7 Å². The number of carbonyl (C=O) groups excluding carboxylic acids is 3. The number of ketones is 1. The van der Waals surface area contributed by atoms with Gasteiger partial charge in [-0.3, -0.25) is 9.59 Å². The van der Waals surface area contributed by atoms with E-state index in [0.717, 1.165) is 18.4 Å². The summed E-state index contributed by atoms with van der Waals surface area (Å²) in [6, 6.07) is 1.84. The summed E-state index contributed by atoms with van der Waals surface area (Å²) in [4.78, 5) is 38.6. The highest BCUT2D eigenvalue weighted by molar-refractivity contribution is 5.95. The summed E-state index contributed by atoms with van der Waals surface area (Å²) >= 11 is 0. The maximum absolute atomic E-state index is 13.2. The van der Waals surface area contributed by atoms with Crippen molar-refractivity contribution in [3.63, 3.8) is 0 Å². The Labute approximate surface area is 205 Å². The normalized spacial score (nSPS) is 49.1. The van der Waals surface area contributed by atoms with Gasteiger partial charge in [0.2, 0.25) is 0 Å². The van der Waals surface area contributed by atoms with Crippen molar-refractivity contribution in [3.8, 4) is 0 Å². The number of fused-ring (bicyclic) bond motifs is 3. The second-order valence-corrected chi connectivity index (χ2v) is 12.6. The van der Waals surface area contributed by atoms with Crippen LogP contribution in [0.25, 0.3) is 0 Å². The lowest BCUT2D eigenvalue weighted by atomic mass is 9.35. The van der Waals surface area contributed by atoms with Crippen LogP contribution in [0.15, 0.2) is 35.2 Å². The quantitative estimate of drug-likeness (QED) is 0.450. The number of ether oxygens (including phenoxy) is 3. The summed E-state index contributed by atoms with van der Waals surface area (Å²) in [5.74, 6) is -0.603. The number of esters is 2. The van der Waals surface area contributed by atoms with Gasteiger partial charge in [-0.1, -0.05) is 40.7 Å². The van der Waals surface area contributed by atoms with Crippen LogP contribution in [0.3, 0.4) is 0 Å². The molecule has 0 radical (unpaired) electrons. The van der Waals surface area contributed by atoms with Gasteiger partial charge < -0.3 is 18.6 Å². The van der Waals surface area contributed by atoms with E-state index in [4.69, 9.17) is 18.6 Å². The van der Waals surface area contributed by atoms with Gasteiger partial charge in [-0.2, -0.15) is 0 Å². The van der Waals surface area contributed by atoms with E-state index in [1.165, 1.54) is 6.92 Å². The standard InChI is InChI=1S/C28H34O7/c1-15(29)33-20-13-18-24(2,3)19(30)8-10-25(18,4)17-7-11-26(5)21(16-9-12-32-14-16)34-23(31)22-28(26,35-22)27(17,20)6/h8-10,12,14,17-18,20-22H,7,11,13H2,1-6H3/t17-,18+,20-,21+,22-,25-,26+,27+,28-/m0/s1. The number of rotatable bonds is 2. The van der Waals surface area contributed by atoms with E-state index in [1.54, 1.807) is 18.6 Å². The Morgan fingerprint density at radius 1 is 1.09 bits per heavy atom. The predicted molar refractivity (Wildman–Crippen MR) is 124 cm³/mol. The summed E-state index contributed by atoms with van der Waals surface area (Å²) in [7, 11) is 0. The predicted octanol–water partition coefficient (Wildman–Crippen LogP) is 4.56. The molecule has 0 amide bonds. The molecule has 3 heterocycles. The molecule has 1 aromatic heterocycles. The van der Waals surface area contributed by atoms with Gasteiger partial charge in [-0.25, -0.2) is 4.79 Å². The number of carbonyl (C=O) groups is 3. The lowest BCUT2D eigenvalue weighted by molar-refractivity contribution is -0.251. The fraction of sp³-hybridized carbons (Fsp3) is 0.679. The molecule has 7 nitrogen and oxygen atoms in total. The Morgan fingerprint density at radius 3 is 2.49 bits per heavy atom. The number of cyclic esters (lactones) is 1. The number of allylic oxidation sites excluding steroid dienone is 2. The summed E-state index contributed by atoms with van der Waals surface area (Å²) in [6.07, 6.45) is 7.46. The van der Waals surface area contributed by atoms with E-state index in [0.29, 0.717) is 6.42 Å². The summed E-state index contributed by atoms with van der Waals surface area (Å²) < 4.78 is 24.0. The molecular weight excluding hydrogens is 448 g/mol. The van der Waals surface area contributed by atoms with Crippen molar-refractivity contribution in [2.24, 2.45) is 33.5 Å². The first kappa shape index (κ1) is 23.0. The third-order valence-electron chi connectivity index (χ3n) is 10.8. The van der Waals surface area contributed by atoms with Gasteiger partial charge in [0.1, 0.15) is 17.8 Å². The Kier molecular flexibility index (Phi) is 4.38. The Balaban J connectivity index is 1.55. The minimum absolute atomic E-state index is 0.00639. The molecule has 6 rings (SSSR count). The molecule has 0 bridgehead atoms. The van der Waals surface area contributed by atoms with Gasteiger partial charge in [-0.05, 0) is 48.7 Å². The summed E-state index contributed by atoms with van der Waals surface area (Å²) in [5.41, 5.74) is -2.15. The second-order valence-electron chi connectivity index (χ2n) is 12.6. The van der Waals surface area contributed by atoms with Gasteiger partial charge >= 0.3 is 11.9 Å². The van der Waals surface area contributed by atoms with Crippen molar-refractivity contribution < 1.29 is 33.0 Å². The number of hydrogen-bond acceptors (Lipinski definition) is 7. The largest absolute Gasteiger partial charge is 0.472 e. The Morgan fingerprint density at radius 2 is 1.83 bits per heavy atom. The number of hydrogen-bond donors (Lipinski definition) is 0. The highest BCUT2D eigenvalue weighted by atomic mass is 16.7. The molecule has 35 heavy (non-hydrogen) atoms. The molecule has 1 aromatic rings. The average Bonchev–Trinajstić information content (AvgIpc) is 3.35. The third kappa shape index (κ3) is 2.48. The second kappa shape index (κ2) is 6.67. The fourth-order valence-electron chi connectivity index (χ4n) is 9.20. The zero-order valence-corrected chi connectivity index (χ0v) is 21.3. The zero-order chi connectivity index (χ0) is 25.2. The van der Waals surface area contributed by atoms with E-state index < -0.39 is 40.2 Å². The Hall–Kier alpha value is -2.41. The van der Waals surface area contributed by atoms with Crippen LogP contribution in [0, 0.1) is 33.5 Å². The zero-order valence-electron chi connectivity index (χ0n) is 21.3. The molecule has 1 spiro atoms. The number of furan rings is 1. The molecule has 0 aromatic carbocycles. The number of epoxide rings is 1. The monoisotopic (exact) mass is 482 g/mol. The van der Waals surface area contributed by atoms with Crippen LogP contribution in [-0.2, 0) is 28.6 Å². The molecule has 5 aliphatic rings. The molecule has 2 saturated heterocycles. The molecule has 2 saturated carbocycles. The van der Waals surface area contributed by atoms with Crippen molar-refractivity contribution in [2.75, 3.05) is 0 Å². The van der Waals surface area contributed by atoms with Crippen LogP contribution < -0.4 is 0 Å². The first-order chi connectivity index (χ1) is 16.3. The third-order valence-corrected chi connectivity index (χ3v) is 10.8. The SMILES string of the molecule is CC(=O)O[C@H]1C[C@@H]2C(C)(C)C(=O)C=C[C@@]2(C)[C@@H]2CC[C@]3(C)[C@@H](c4ccoc4)OC(=O)[C@@H]4O[C@@]43[C@@]12C. The molecule has 0 unspecified atom stereocenters. The van der Waals surface area contributed by atoms with Crippen LogP contribution in [0.4, 0.5) is 0 Å². The van der Waals surface area contributed by atoms with Crippen molar-refractivity contribution in [2.45, 2.75) is 84.7 Å². The van der Waals surface area contributed by atoms with Crippen LogP contribution in [-0.4, -0.2) is 35.5 Å². The van der Waals surface area contributed by atoms with Crippen molar-refractivity contribution in [3.05, 3.63) is 36.3 Å². The van der Waals surface area contributed by atoms with E-state index >= 15 is 0 Å². The highest BCUT2D eigenvalue weighted by Crippen LogP contribution is 2.79. The van der Waals surface area contributed by atoms with E-state index in [9.17, 15) is 14.4 Å². The first-order valence-corrected chi connectivity index (χ1v) is 12.7. The minimum atomic E-state index is -0.853. The highest BCUT2D eigenvalue weighted by Gasteiger charge is 2.88. The lowest BCUT2D eigenvalue weighted by Gasteiger charge is -2.68. The van der Waals surface area contributed by atoms with Crippen LogP contribution in [0.1, 0.15) is 72.5 Å². The molecule has 0 N–H and O–H groups in total. The minimum Gasteiger partial charge on any atom is -0.472 e. The van der Waals surface area contributed by atoms with Crippen LogP contribution in [0.2, 0.25) is 0 Å². The molecule has 7 heteroatoms. The van der Waals surface area contributed by atoms with Gasteiger partial charge in [0.05, 0.1) is 12.5 Å². The van der Waals surface area contributed by atoms with Gasteiger partial charge in [0.15, 0.2) is 11.9 Å². The maximum Gasteiger partial charge on any atom is 0.339 e. The van der Waals surface area contributed by atoms with Crippen LogP contribution >= 0.6 is 0 Å². The first-order valence-electron chi connectivity index (χ1n) is 12.7. The van der Waals surface area contributed by atoms with E-state index in [2.05, 4.69) is 26.8 Å². The van der Waals surface area contributed by atoms with Crippen LogP contribution in [0.5, 0.6) is 0 Å². The van der Waals surface area contributed by atoms with Crippen molar-refractivity contribution in [1.82, 2.24) is 0 Å². The Bertz CT molecular complexity index is 1150. The van der Waals surface area contributed by atoms with Crippen molar-refractivity contribution >= 4 is 17.7 Å². The molecule has 188 valence electrons.